The molecule has 0 radical (unpaired) electrons. The van der Waals surface area contributed by atoms with Crippen molar-refractivity contribution in [3.05, 3.63) is 57.9 Å². The molecule has 0 atom stereocenters. The lowest BCUT2D eigenvalue weighted by Crippen LogP contribution is -2.11. The molecule has 1 N–H and O–H groups in total. The molecule has 8 heteroatoms. The van der Waals surface area contributed by atoms with Crippen LogP contribution in [0.25, 0.3) is 16.7 Å². The van der Waals surface area contributed by atoms with Crippen molar-refractivity contribution >= 4 is 28.4 Å². The Hall–Kier alpha value is -2.74. The molecule has 120 valence electrons. The average molecular weight is 338 g/mol. The van der Waals surface area contributed by atoms with Gasteiger partial charge >= 0.3 is 0 Å². The minimum atomic E-state index is -0.129. The van der Waals surface area contributed by atoms with E-state index < -0.39 is 0 Å². The third-order valence-electron chi connectivity index (χ3n) is 3.66. The van der Waals surface area contributed by atoms with Gasteiger partial charge in [0.15, 0.2) is 5.16 Å². The van der Waals surface area contributed by atoms with Crippen molar-refractivity contribution in [1.82, 2.24) is 29.5 Å². The summed E-state index contributed by atoms with van der Waals surface area (Å²) in [5, 5.41) is 9.62. The highest BCUT2D eigenvalue weighted by Gasteiger charge is 2.11. The van der Waals surface area contributed by atoms with E-state index >= 15 is 0 Å². The van der Waals surface area contributed by atoms with Gasteiger partial charge in [0, 0.05) is 11.4 Å². The van der Waals surface area contributed by atoms with Gasteiger partial charge in [0.05, 0.1) is 16.7 Å². The van der Waals surface area contributed by atoms with E-state index in [4.69, 9.17) is 0 Å². The van der Waals surface area contributed by atoms with Crippen molar-refractivity contribution in [3.63, 3.8) is 0 Å². The second-order valence-electron chi connectivity index (χ2n) is 5.48. The van der Waals surface area contributed by atoms with Gasteiger partial charge in [0.25, 0.3) is 11.3 Å². The van der Waals surface area contributed by atoms with Gasteiger partial charge < -0.3 is 4.98 Å². The highest BCUT2D eigenvalue weighted by atomic mass is 32.2. The van der Waals surface area contributed by atoms with E-state index in [1.165, 1.54) is 11.8 Å². The van der Waals surface area contributed by atoms with E-state index in [2.05, 4.69) is 25.1 Å². The molecule has 0 unspecified atom stereocenters. The van der Waals surface area contributed by atoms with E-state index in [9.17, 15) is 4.79 Å². The van der Waals surface area contributed by atoms with Crippen LogP contribution in [0, 0.1) is 13.8 Å². The molecule has 7 nitrogen and oxygen atoms in total. The lowest BCUT2D eigenvalue weighted by molar-refractivity contribution is 0.883. The maximum Gasteiger partial charge on any atom is 0.258 e. The molecule has 0 bridgehead atoms. The standard InChI is InChI=1S/C16H14N6OS/c1-9-7-10(2)22-15(17-9)20-21-16(22)24-8-13-18-12-6-4-3-5-11(12)14(23)19-13/h3-7H,8H2,1-2H3,(H,18,19,23). The molecule has 4 aromatic rings. The van der Waals surface area contributed by atoms with Crippen molar-refractivity contribution in [2.45, 2.75) is 24.8 Å². The highest BCUT2D eigenvalue weighted by Crippen LogP contribution is 2.21. The summed E-state index contributed by atoms with van der Waals surface area (Å²) < 4.78 is 1.90. The number of H-pyrrole nitrogens is 1. The molecular weight excluding hydrogens is 324 g/mol. The number of nitrogens with one attached hydrogen (secondary N) is 1. The van der Waals surface area contributed by atoms with Crippen molar-refractivity contribution < 1.29 is 0 Å². The Morgan fingerprint density at radius 1 is 1.17 bits per heavy atom. The molecule has 3 heterocycles. The highest BCUT2D eigenvalue weighted by molar-refractivity contribution is 7.98. The average Bonchev–Trinajstić information content (AvgIpc) is 2.96. The number of hydrogen-bond acceptors (Lipinski definition) is 6. The van der Waals surface area contributed by atoms with E-state index in [0.29, 0.717) is 28.3 Å². The zero-order valence-corrected chi connectivity index (χ0v) is 14.0. The molecule has 24 heavy (non-hydrogen) atoms. The Labute approximate surface area is 141 Å². The lowest BCUT2D eigenvalue weighted by atomic mass is 10.2. The lowest BCUT2D eigenvalue weighted by Gasteiger charge is -2.04. The first kappa shape index (κ1) is 14.8. The fraction of sp³-hybridized carbons (Fsp3) is 0.188. The number of rotatable bonds is 3. The summed E-state index contributed by atoms with van der Waals surface area (Å²) in [6, 6.07) is 9.28. The SMILES string of the molecule is Cc1cc(C)n2c(SCc3nc4ccccc4c(=O)[nH]3)nnc2n1. The van der Waals surface area contributed by atoms with Crippen LogP contribution in [0.4, 0.5) is 0 Å². The monoisotopic (exact) mass is 338 g/mol. The predicted octanol–water partition coefficient (Wildman–Crippen LogP) is 2.27. The number of aromatic amines is 1. The number of aryl methyl sites for hydroxylation is 2. The Kier molecular flexibility index (Phi) is 3.53. The van der Waals surface area contributed by atoms with Gasteiger partial charge in [-0.1, -0.05) is 23.9 Å². The van der Waals surface area contributed by atoms with Gasteiger partial charge in [-0.05, 0) is 32.0 Å². The molecule has 0 saturated heterocycles. The molecule has 0 amide bonds. The van der Waals surface area contributed by atoms with Crippen molar-refractivity contribution in [2.75, 3.05) is 0 Å². The van der Waals surface area contributed by atoms with Crippen LogP contribution in [-0.4, -0.2) is 29.5 Å². The van der Waals surface area contributed by atoms with Gasteiger partial charge in [-0.3, -0.25) is 9.20 Å². The maximum absolute atomic E-state index is 12.1. The number of fused-ring (bicyclic) bond motifs is 2. The number of hydrogen-bond donors (Lipinski definition) is 1. The Balaban J connectivity index is 1.67. The third kappa shape index (κ3) is 2.54. The van der Waals surface area contributed by atoms with E-state index in [1.807, 2.05) is 42.5 Å². The molecule has 3 aromatic heterocycles. The van der Waals surface area contributed by atoms with Gasteiger partial charge in [0.2, 0.25) is 0 Å². The fourth-order valence-corrected chi connectivity index (χ4v) is 3.49. The van der Waals surface area contributed by atoms with Gasteiger partial charge in [-0.2, -0.15) is 0 Å². The minimum absolute atomic E-state index is 0.129. The minimum Gasteiger partial charge on any atom is -0.309 e. The molecule has 0 spiro atoms. The molecule has 0 aliphatic rings. The van der Waals surface area contributed by atoms with E-state index in [1.54, 1.807) is 6.07 Å². The predicted molar refractivity (Wildman–Crippen MR) is 92.2 cm³/mol. The smallest absolute Gasteiger partial charge is 0.258 e. The van der Waals surface area contributed by atoms with E-state index in [-0.39, 0.29) is 5.56 Å². The number of thioether (sulfide) groups is 1. The molecule has 0 aliphatic heterocycles. The van der Waals surface area contributed by atoms with Crippen molar-refractivity contribution in [3.8, 4) is 0 Å². The molecule has 4 rings (SSSR count). The summed E-state index contributed by atoms with van der Waals surface area (Å²) in [5.41, 5.74) is 2.49. The second kappa shape index (κ2) is 5.72. The van der Waals surface area contributed by atoms with Crippen LogP contribution in [0.2, 0.25) is 0 Å². The number of para-hydroxylation sites is 1. The quantitative estimate of drug-likeness (QED) is 0.577. The third-order valence-corrected chi connectivity index (χ3v) is 4.60. The number of aromatic nitrogens is 6. The Morgan fingerprint density at radius 2 is 2.00 bits per heavy atom. The fourth-order valence-electron chi connectivity index (χ4n) is 2.63. The first-order valence-electron chi connectivity index (χ1n) is 7.42. The van der Waals surface area contributed by atoms with Crippen LogP contribution in [0.3, 0.4) is 0 Å². The summed E-state index contributed by atoms with van der Waals surface area (Å²) in [4.78, 5) is 23.8. The molecule has 0 fully saturated rings. The van der Waals surface area contributed by atoms with Gasteiger partial charge in [-0.15, -0.1) is 10.2 Å². The summed E-state index contributed by atoms with van der Waals surface area (Å²) >= 11 is 1.46. The van der Waals surface area contributed by atoms with Gasteiger partial charge in [0.1, 0.15) is 5.82 Å². The molecular formula is C16H14N6OS. The Morgan fingerprint density at radius 3 is 2.88 bits per heavy atom. The van der Waals surface area contributed by atoms with Crippen LogP contribution in [0.15, 0.2) is 40.3 Å². The van der Waals surface area contributed by atoms with Crippen LogP contribution >= 0.6 is 11.8 Å². The first-order chi connectivity index (χ1) is 11.6. The van der Waals surface area contributed by atoms with Crippen molar-refractivity contribution in [2.24, 2.45) is 0 Å². The number of benzene rings is 1. The maximum atomic E-state index is 12.1. The number of nitrogens with zero attached hydrogens (tertiary/aromatic N) is 5. The van der Waals surface area contributed by atoms with E-state index in [0.717, 1.165) is 16.5 Å². The van der Waals surface area contributed by atoms with Crippen LogP contribution in [0.1, 0.15) is 17.2 Å². The van der Waals surface area contributed by atoms with Crippen LogP contribution in [0.5, 0.6) is 0 Å². The zero-order chi connectivity index (χ0) is 16.7. The summed E-state index contributed by atoms with van der Waals surface area (Å²) in [7, 11) is 0. The summed E-state index contributed by atoms with van der Waals surface area (Å²) in [6.45, 7) is 3.92. The molecule has 1 aromatic carbocycles. The zero-order valence-electron chi connectivity index (χ0n) is 13.1. The first-order valence-corrected chi connectivity index (χ1v) is 8.40. The largest absolute Gasteiger partial charge is 0.309 e. The van der Waals surface area contributed by atoms with Crippen LogP contribution < -0.4 is 5.56 Å². The Bertz CT molecular complexity index is 1120. The normalized spacial score (nSPS) is 11.4. The second-order valence-corrected chi connectivity index (χ2v) is 6.42. The summed E-state index contributed by atoms with van der Waals surface area (Å²) in [5.74, 6) is 1.68. The molecule has 0 saturated carbocycles. The van der Waals surface area contributed by atoms with Crippen molar-refractivity contribution in [1.29, 1.82) is 0 Å². The van der Waals surface area contributed by atoms with Crippen LogP contribution in [-0.2, 0) is 5.75 Å². The summed E-state index contributed by atoms with van der Waals surface area (Å²) in [6.07, 6.45) is 0. The molecule has 0 aliphatic carbocycles. The van der Waals surface area contributed by atoms with Gasteiger partial charge in [-0.25, -0.2) is 9.97 Å². The topological polar surface area (TPSA) is 88.8 Å².